The first-order valence-electron chi connectivity index (χ1n) is 6.77. The number of aliphatic hydroxyl groups excluding tert-OH is 1. The number of amides is 1. The summed E-state index contributed by atoms with van der Waals surface area (Å²) in [5, 5.41) is 12.7. The third-order valence-electron chi connectivity index (χ3n) is 3.55. The van der Waals surface area contributed by atoms with Gasteiger partial charge in [0.05, 0.1) is 6.10 Å². The minimum atomic E-state index is -0.465. The molecule has 5 nitrogen and oxygen atoms in total. The zero-order valence-electron chi connectivity index (χ0n) is 11.9. The Balaban J connectivity index is 0.00000180. The quantitative estimate of drug-likeness (QED) is 0.769. The molecule has 2 fully saturated rings. The second-order valence-electron chi connectivity index (χ2n) is 6.35. The van der Waals surface area contributed by atoms with Gasteiger partial charge in [0.15, 0.2) is 0 Å². The molecule has 2 aliphatic heterocycles. The van der Waals surface area contributed by atoms with Crippen LogP contribution in [-0.4, -0.2) is 53.0 Å². The zero-order valence-corrected chi connectivity index (χ0v) is 12.7. The summed E-state index contributed by atoms with van der Waals surface area (Å²) in [6, 6.07) is 0.368. The van der Waals surface area contributed by atoms with Gasteiger partial charge in [-0.2, -0.15) is 0 Å². The van der Waals surface area contributed by atoms with Crippen molar-refractivity contribution in [3.8, 4) is 0 Å². The molecule has 6 heteroatoms. The minimum absolute atomic E-state index is 0. The highest BCUT2D eigenvalue weighted by atomic mass is 35.5. The number of alkyl carbamates (subject to hydrolysis) is 1. The second kappa shape index (κ2) is 6.29. The summed E-state index contributed by atoms with van der Waals surface area (Å²) >= 11 is 0. The number of rotatable bonds is 1. The maximum Gasteiger partial charge on any atom is 0.407 e. The molecule has 0 radical (unpaired) electrons. The molecule has 0 aromatic carbocycles. The number of halogens is 1. The van der Waals surface area contributed by atoms with Gasteiger partial charge in [-0.15, -0.1) is 12.4 Å². The fraction of sp³-hybridized carbons (Fsp3) is 0.923. The Morgan fingerprint density at radius 2 is 2.11 bits per heavy atom. The smallest absolute Gasteiger partial charge is 0.407 e. The maximum absolute atomic E-state index is 11.8. The SMILES string of the molecule is CC(C)(C)OC(=O)NC1CCCN2C[C@@H](O)CC12.Cl. The van der Waals surface area contributed by atoms with Crippen LogP contribution in [0.3, 0.4) is 0 Å². The number of nitrogens with one attached hydrogen (secondary N) is 1. The number of hydrogen-bond acceptors (Lipinski definition) is 4. The van der Waals surface area contributed by atoms with Crippen molar-refractivity contribution in [1.82, 2.24) is 10.2 Å². The van der Waals surface area contributed by atoms with Crippen molar-refractivity contribution in [3.63, 3.8) is 0 Å². The highest BCUT2D eigenvalue weighted by Gasteiger charge is 2.39. The van der Waals surface area contributed by atoms with Gasteiger partial charge in [-0.05, 0) is 46.6 Å². The molecule has 19 heavy (non-hydrogen) atoms. The lowest BCUT2D eigenvalue weighted by atomic mass is 9.96. The number of carbonyl (C=O) groups excluding carboxylic acids is 1. The van der Waals surface area contributed by atoms with E-state index in [0.717, 1.165) is 32.4 Å². The van der Waals surface area contributed by atoms with E-state index in [2.05, 4.69) is 10.2 Å². The van der Waals surface area contributed by atoms with Gasteiger partial charge in [0.25, 0.3) is 0 Å². The fourth-order valence-electron chi connectivity index (χ4n) is 2.92. The highest BCUT2D eigenvalue weighted by Crippen LogP contribution is 2.27. The summed E-state index contributed by atoms with van der Waals surface area (Å²) in [6.45, 7) is 7.34. The van der Waals surface area contributed by atoms with Gasteiger partial charge < -0.3 is 15.2 Å². The van der Waals surface area contributed by atoms with E-state index in [1.54, 1.807) is 0 Å². The van der Waals surface area contributed by atoms with Crippen LogP contribution >= 0.6 is 12.4 Å². The number of nitrogens with zero attached hydrogens (tertiary/aromatic N) is 1. The Morgan fingerprint density at radius 1 is 1.42 bits per heavy atom. The van der Waals surface area contributed by atoms with Crippen molar-refractivity contribution in [2.45, 2.75) is 63.8 Å². The molecule has 0 saturated carbocycles. The van der Waals surface area contributed by atoms with Gasteiger partial charge >= 0.3 is 6.09 Å². The van der Waals surface area contributed by atoms with E-state index in [-0.39, 0.29) is 36.7 Å². The predicted octanol–water partition coefficient (Wildman–Crippen LogP) is 1.53. The van der Waals surface area contributed by atoms with Gasteiger partial charge in [-0.3, -0.25) is 4.90 Å². The molecule has 2 aliphatic rings. The van der Waals surface area contributed by atoms with E-state index in [0.29, 0.717) is 0 Å². The highest BCUT2D eigenvalue weighted by molar-refractivity contribution is 5.85. The molecule has 2 heterocycles. The van der Waals surface area contributed by atoms with Gasteiger partial charge in [0, 0.05) is 18.6 Å². The van der Waals surface area contributed by atoms with Gasteiger partial charge in [-0.25, -0.2) is 4.79 Å². The molecule has 1 amide bonds. The van der Waals surface area contributed by atoms with E-state index in [1.807, 2.05) is 20.8 Å². The first-order chi connectivity index (χ1) is 8.35. The van der Waals surface area contributed by atoms with Crippen molar-refractivity contribution in [3.05, 3.63) is 0 Å². The molecule has 0 bridgehead atoms. The molecule has 2 rings (SSSR count). The summed E-state index contributed by atoms with van der Waals surface area (Å²) in [5.41, 5.74) is -0.465. The van der Waals surface area contributed by atoms with Crippen LogP contribution in [0, 0.1) is 0 Å². The van der Waals surface area contributed by atoms with Gasteiger partial charge in [-0.1, -0.05) is 0 Å². The van der Waals surface area contributed by atoms with E-state index >= 15 is 0 Å². The molecule has 2 N–H and O–H groups in total. The van der Waals surface area contributed by atoms with Crippen LogP contribution in [-0.2, 0) is 4.74 Å². The Kier molecular flexibility index (Phi) is 5.47. The van der Waals surface area contributed by atoms with Gasteiger partial charge in [0.2, 0.25) is 0 Å². The molecule has 112 valence electrons. The fourth-order valence-corrected chi connectivity index (χ4v) is 2.92. The summed E-state index contributed by atoms with van der Waals surface area (Å²) in [5.74, 6) is 0. The summed E-state index contributed by atoms with van der Waals surface area (Å²) < 4.78 is 5.28. The molecule has 0 aliphatic carbocycles. The van der Waals surface area contributed by atoms with Crippen molar-refractivity contribution < 1.29 is 14.6 Å². The lowest BCUT2D eigenvalue weighted by Crippen LogP contribution is -2.53. The predicted molar refractivity (Wildman–Crippen MR) is 75.6 cm³/mol. The van der Waals surface area contributed by atoms with Crippen LogP contribution in [0.2, 0.25) is 0 Å². The van der Waals surface area contributed by atoms with Crippen molar-refractivity contribution in [2.75, 3.05) is 13.1 Å². The van der Waals surface area contributed by atoms with Crippen LogP contribution in [0.5, 0.6) is 0 Å². The number of fused-ring (bicyclic) bond motifs is 1. The second-order valence-corrected chi connectivity index (χ2v) is 6.35. The average molecular weight is 293 g/mol. The summed E-state index contributed by atoms with van der Waals surface area (Å²) in [7, 11) is 0. The Labute approximate surface area is 121 Å². The monoisotopic (exact) mass is 292 g/mol. The molecule has 0 aromatic heterocycles. The molecular weight excluding hydrogens is 268 g/mol. The van der Waals surface area contributed by atoms with Crippen molar-refractivity contribution >= 4 is 18.5 Å². The van der Waals surface area contributed by atoms with Crippen LogP contribution in [0.25, 0.3) is 0 Å². The Hall–Kier alpha value is -0.520. The van der Waals surface area contributed by atoms with Crippen LogP contribution in [0.15, 0.2) is 0 Å². The number of hydrogen-bond donors (Lipinski definition) is 2. The zero-order chi connectivity index (χ0) is 13.3. The van der Waals surface area contributed by atoms with Crippen molar-refractivity contribution in [1.29, 1.82) is 0 Å². The van der Waals surface area contributed by atoms with Crippen LogP contribution in [0.4, 0.5) is 4.79 Å². The molecule has 0 aromatic rings. The lowest BCUT2D eigenvalue weighted by Gasteiger charge is -2.36. The number of piperidine rings is 1. The van der Waals surface area contributed by atoms with E-state index in [1.165, 1.54) is 0 Å². The molecule has 3 atom stereocenters. The van der Waals surface area contributed by atoms with E-state index in [4.69, 9.17) is 4.74 Å². The first-order valence-corrected chi connectivity index (χ1v) is 6.77. The average Bonchev–Trinajstić information content (AvgIpc) is 2.56. The minimum Gasteiger partial charge on any atom is -0.444 e. The van der Waals surface area contributed by atoms with Crippen LogP contribution in [0.1, 0.15) is 40.0 Å². The third kappa shape index (κ3) is 4.51. The first kappa shape index (κ1) is 16.5. The Morgan fingerprint density at radius 3 is 2.74 bits per heavy atom. The summed E-state index contributed by atoms with van der Waals surface area (Å²) in [4.78, 5) is 14.1. The number of ether oxygens (including phenoxy) is 1. The number of carbonyl (C=O) groups is 1. The third-order valence-corrected chi connectivity index (χ3v) is 3.55. The van der Waals surface area contributed by atoms with Gasteiger partial charge in [0.1, 0.15) is 5.60 Å². The molecule has 0 spiro atoms. The van der Waals surface area contributed by atoms with Crippen molar-refractivity contribution in [2.24, 2.45) is 0 Å². The standard InChI is InChI=1S/C13H24N2O3.ClH/c1-13(2,3)18-12(17)14-10-5-4-6-15-8-9(16)7-11(10)15;/h9-11,16H,4-8H2,1-3H3,(H,14,17);1H/t9-,10?,11?;/m0./s1. The normalized spacial score (nSPS) is 31.3. The number of aliphatic hydroxyl groups is 1. The Bertz CT molecular complexity index is 320. The molecule has 2 saturated heterocycles. The lowest BCUT2D eigenvalue weighted by molar-refractivity contribution is 0.0443. The van der Waals surface area contributed by atoms with E-state index < -0.39 is 5.60 Å². The molecular formula is C13H25ClN2O3. The van der Waals surface area contributed by atoms with E-state index in [9.17, 15) is 9.90 Å². The summed E-state index contributed by atoms with van der Waals surface area (Å²) in [6.07, 6.45) is 2.17. The topological polar surface area (TPSA) is 61.8 Å². The largest absolute Gasteiger partial charge is 0.444 e. The van der Waals surface area contributed by atoms with Crippen LogP contribution < -0.4 is 5.32 Å². The molecule has 2 unspecified atom stereocenters. The maximum atomic E-state index is 11.8.